The Morgan fingerprint density at radius 3 is 2.43 bits per heavy atom. The zero-order chi connectivity index (χ0) is 41.9. The van der Waals surface area contributed by atoms with Crippen LogP contribution in [0.3, 0.4) is 0 Å². The van der Waals surface area contributed by atoms with Crippen molar-refractivity contribution >= 4 is 58.0 Å². The van der Waals surface area contributed by atoms with Crippen molar-refractivity contribution < 1.29 is 37.5 Å². The molecule has 4 aliphatic rings. The molecule has 4 aliphatic heterocycles. The number of morpholine rings is 1. The minimum Gasteiger partial charge on any atom is -0.404 e. The molecule has 0 bridgehead atoms. The molecule has 60 heavy (non-hydrogen) atoms. The minimum atomic E-state index is -1.07. The van der Waals surface area contributed by atoms with Crippen molar-refractivity contribution in [1.82, 2.24) is 30.0 Å². The Bertz CT molecular complexity index is 2420. The van der Waals surface area contributed by atoms with E-state index in [-0.39, 0.29) is 61.0 Å². The Labute approximate surface area is 343 Å². The molecule has 310 valence electrons. The van der Waals surface area contributed by atoms with Gasteiger partial charge in [0.2, 0.25) is 17.7 Å². The lowest BCUT2D eigenvalue weighted by Crippen LogP contribution is -2.54. The molecule has 0 saturated carbocycles. The van der Waals surface area contributed by atoms with Crippen LogP contribution in [0.2, 0.25) is 0 Å². The van der Waals surface area contributed by atoms with Crippen molar-refractivity contribution in [1.29, 1.82) is 0 Å². The van der Waals surface area contributed by atoms with Gasteiger partial charge in [0.1, 0.15) is 17.7 Å². The lowest BCUT2D eigenvalue weighted by atomic mass is 10.0. The number of hydrogen-bond acceptors (Lipinski definition) is 12. The van der Waals surface area contributed by atoms with Crippen molar-refractivity contribution in [2.75, 3.05) is 51.3 Å². The third kappa shape index (κ3) is 8.22. The van der Waals surface area contributed by atoms with Crippen molar-refractivity contribution in [3.63, 3.8) is 0 Å². The molecule has 0 aliphatic carbocycles. The van der Waals surface area contributed by atoms with Crippen LogP contribution in [-0.2, 0) is 25.7 Å². The van der Waals surface area contributed by atoms with Gasteiger partial charge in [0.05, 0.1) is 53.3 Å². The summed E-state index contributed by atoms with van der Waals surface area (Å²) in [5.74, 6) is -3.71. The van der Waals surface area contributed by atoms with E-state index in [0.29, 0.717) is 91.3 Å². The molecule has 4 aromatic rings. The largest absolute Gasteiger partial charge is 0.404 e. The van der Waals surface area contributed by atoms with Gasteiger partial charge in [-0.15, -0.1) is 0 Å². The Balaban J connectivity index is 0.865. The average molecular weight is 820 g/mol. The number of ether oxygens (including phenoxy) is 1. The first-order valence-electron chi connectivity index (χ1n) is 20.0. The van der Waals surface area contributed by atoms with Crippen LogP contribution in [0.5, 0.6) is 0 Å². The second kappa shape index (κ2) is 17.4. The summed E-state index contributed by atoms with van der Waals surface area (Å²) in [6.07, 6.45) is 6.03. The highest BCUT2D eigenvalue weighted by atomic mass is 19.1. The number of rotatable bonds is 11. The Hall–Kier alpha value is -6.46. The van der Waals surface area contributed by atoms with E-state index in [1.54, 1.807) is 47.6 Å². The molecular formula is C43H43F2N9O6. The molecule has 1 atom stereocenters. The number of amides is 5. The SMILES string of the molecule is NC=C(C=NC1CCN(C(=O)CCNc2cccc3c2C(=O)N(C2CCC(=O)NC2=O)C3=O)CC1)c1cnc2cccc(-c3cc(F)c(CN4CCOCC4)c(F)c3)c2n1. The first kappa shape index (κ1) is 40.3. The van der Waals surface area contributed by atoms with E-state index in [0.717, 1.165) is 4.90 Å². The number of benzene rings is 3. The van der Waals surface area contributed by atoms with Crippen LogP contribution in [0.25, 0.3) is 27.7 Å². The van der Waals surface area contributed by atoms with Crippen LogP contribution in [0.15, 0.2) is 65.9 Å². The fourth-order valence-corrected chi connectivity index (χ4v) is 8.07. The number of nitrogens with zero attached hydrogens (tertiary/aromatic N) is 6. The van der Waals surface area contributed by atoms with Gasteiger partial charge in [-0.3, -0.25) is 49.1 Å². The predicted octanol–water partition coefficient (Wildman–Crippen LogP) is 3.67. The number of halogens is 2. The van der Waals surface area contributed by atoms with E-state index in [4.69, 9.17) is 20.4 Å². The number of likely N-dealkylation sites (tertiary alicyclic amines) is 1. The van der Waals surface area contributed by atoms with E-state index in [2.05, 4.69) is 15.6 Å². The molecular weight excluding hydrogens is 777 g/mol. The second-order valence-electron chi connectivity index (χ2n) is 15.1. The number of fused-ring (bicyclic) bond motifs is 2. The molecule has 5 amide bonds. The number of carbonyl (C=O) groups excluding carboxylic acids is 5. The molecule has 3 saturated heterocycles. The quantitative estimate of drug-likeness (QED) is 0.148. The molecule has 17 heteroatoms. The van der Waals surface area contributed by atoms with Crippen LogP contribution in [0.4, 0.5) is 14.5 Å². The second-order valence-corrected chi connectivity index (χ2v) is 15.1. The maximum Gasteiger partial charge on any atom is 0.264 e. The summed E-state index contributed by atoms with van der Waals surface area (Å²) in [5, 5.41) is 5.31. The van der Waals surface area contributed by atoms with Gasteiger partial charge in [0.25, 0.3) is 11.8 Å². The van der Waals surface area contributed by atoms with Gasteiger partial charge in [-0.05, 0) is 55.2 Å². The molecule has 0 spiro atoms. The van der Waals surface area contributed by atoms with Gasteiger partial charge in [0, 0.05) is 86.9 Å². The van der Waals surface area contributed by atoms with Gasteiger partial charge >= 0.3 is 0 Å². The van der Waals surface area contributed by atoms with Crippen LogP contribution < -0.4 is 16.4 Å². The number of piperidine rings is 2. The molecule has 0 radical (unpaired) electrons. The Morgan fingerprint density at radius 1 is 0.967 bits per heavy atom. The zero-order valence-electron chi connectivity index (χ0n) is 32.7. The van der Waals surface area contributed by atoms with E-state index in [1.165, 1.54) is 24.4 Å². The minimum absolute atomic E-state index is 0.0106. The van der Waals surface area contributed by atoms with Crippen LogP contribution >= 0.6 is 0 Å². The lowest BCUT2D eigenvalue weighted by Gasteiger charge is -2.30. The summed E-state index contributed by atoms with van der Waals surface area (Å²) in [4.78, 5) is 82.6. The molecule has 15 nitrogen and oxygen atoms in total. The smallest absolute Gasteiger partial charge is 0.264 e. The molecule has 5 heterocycles. The van der Waals surface area contributed by atoms with Gasteiger partial charge in [0.15, 0.2) is 0 Å². The van der Waals surface area contributed by atoms with Crippen molar-refractivity contribution in [2.24, 2.45) is 10.7 Å². The Kier molecular flexibility index (Phi) is 11.7. The van der Waals surface area contributed by atoms with Gasteiger partial charge in [-0.25, -0.2) is 13.8 Å². The monoisotopic (exact) mass is 819 g/mol. The number of para-hydroxylation sites is 1. The van der Waals surface area contributed by atoms with Crippen molar-refractivity contribution in [2.45, 2.75) is 50.7 Å². The number of aromatic nitrogens is 2. The Morgan fingerprint density at radius 2 is 1.70 bits per heavy atom. The maximum absolute atomic E-state index is 15.4. The van der Waals surface area contributed by atoms with Gasteiger partial charge in [-0.1, -0.05) is 18.2 Å². The maximum atomic E-state index is 15.4. The number of imide groups is 2. The normalized spacial score (nSPS) is 19.4. The third-order valence-corrected chi connectivity index (χ3v) is 11.3. The molecule has 4 N–H and O–H groups in total. The molecule has 3 fully saturated rings. The highest BCUT2D eigenvalue weighted by Gasteiger charge is 2.45. The molecule has 8 rings (SSSR count). The number of aliphatic imine (C=N–C) groups is 1. The topological polar surface area (TPSA) is 193 Å². The number of allylic oxidation sites excluding steroid dienone is 1. The number of anilines is 1. The summed E-state index contributed by atoms with van der Waals surface area (Å²) in [7, 11) is 0. The van der Waals surface area contributed by atoms with Crippen LogP contribution in [-0.4, -0.2) is 118 Å². The molecule has 1 unspecified atom stereocenters. The zero-order valence-corrected chi connectivity index (χ0v) is 32.7. The summed E-state index contributed by atoms with van der Waals surface area (Å²) in [6, 6.07) is 11.6. The third-order valence-electron chi connectivity index (χ3n) is 11.3. The fraction of sp³-hybridized carbons (Fsp3) is 0.349. The van der Waals surface area contributed by atoms with Crippen LogP contribution in [0.1, 0.15) is 64.1 Å². The van der Waals surface area contributed by atoms with Crippen molar-refractivity contribution in [3.05, 3.63) is 94.9 Å². The number of nitrogens with two attached hydrogens (primary N) is 1. The molecule has 1 aromatic heterocycles. The first-order chi connectivity index (χ1) is 29.1. The fourth-order valence-electron chi connectivity index (χ4n) is 8.07. The first-order valence-corrected chi connectivity index (χ1v) is 20.0. The number of carbonyl (C=O) groups is 5. The summed E-state index contributed by atoms with van der Waals surface area (Å²) >= 11 is 0. The van der Waals surface area contributed by atoms with Crippen LogP contribution in [0, 0.1) is 11.6 Å². The highest BCUT2D eigenvalue weighted by molar-refractivity contribution is 6.25. The summed E-state index contributed by atoms with van der Waals surface area (Å²) in [6.45, 7) is 3.58. The average Bonchev–Trinajstić information content (AvgIpc) is 3.51. The van der Waals surface area contributed by atoms with Gasteiger partial charge < -0.3 is 20.7 Å². The van der Waals surface area contributed by atoms with E-state index < -0.39 is 41.3 Å². The molecule has 3 aromatic carbocycles. The number of nitrogens with one attached hydrogen (secondary N) is 2. The van der Waals surface area contributed by atoms with Crippen molar-refractivity contribution in [3.8, 4) is 11.1 Å². The predicted molar refractivity (Wildman–Crippen MR) is 217 cm³/mol. The number of hydrogen-bond donors (Lipinski definition) is 3. The van der Waals surface area contributed by atoms with E-state index in [1.807, 2.05) is 4.90 Å². The summed E-state index contributed by atoms with van der Waals surface area (Å²) < 4.78 is 36.1. The highest BCUT2D eigenvalue weighted by Crippen LogP contribution is 2.33. The van der Waals surface area contributed by atoms with Gasteiger partial charge in [-0.2, -0.15) is 0 Å². The lowest BCUT2D eigenvalue weighted by molar-refractivity contribution is -0.136. The standard InChI is InChI=1S/C43H43F2N9O6/c44-31-19-25(20-32(45)30(31)24-52-15-17-60-18-16-52)28-3-1-6-34-40(28)50-35(23-49-34)26(21-46)22-48-27-10-13-53(14-11-27)38(56)9-12-47-33-5-2-4-29-39(33)43(59)54(42(29)58)36-7-8-37(55)51-41(36)57/h1-6,19-23,27,36,47H,7-18,24,46H2,(H,51,55,57). The van der Waals surface area contributed by atoms with E-state index in [9.17, 15) is 24.0 Å². The van der Waals surface area contributed by atoms with E-state index >= 15 is 8.78 Å². The summed E-state index contributed by atoms with van der Waals surface area (Å²) in [5.41, 5.74) is 9.52.